The van der Waals surface area contributed by atoms with Gasteiger partial charge in [-0.15, -0.1) is 0 Å². The lowest BCUT2D eigenvalue weighted by molar-refractivity contribution is 0.0595. The van der Waals surface area contributed by atoms with E-state index >= 15 is 0 Å². The summed E-state index contributed by atoms with van der Waals surface area (Å²) in [4.78, 5) is 11.8. The highest BCUT2D eigenvalue weighted by atomic mass is 35.5. The van der Waals surface area contributed by atoms with E-state index in [9.17, 15) is 9.18 Å². The van der Waals surface area contributed by atoms with Gasteiger partial charge in [-0.05, 0) is 23.8 Å². The molecule has 0 fully saturated rings. The van der Waals surface area contributed by atoms with Crippen LogP contribution < -0.4 is 0 Å². The number of nitrogens with zero attached hydrogens (tertiary/aromatic N) is 2. The van der Waals surface area contributed by atoms with Crippen LogP contribution in [0.4, 0.5) is 4.39 Å². The molecule has 3 rings (SSSR count). The Morgan fingerprint density at radius 3 is 2.82 bits per heavy atom. The number of ether oxygens (including phenoxy) is 1. The Morgan fingerprint density at radius 2 is 2.09 bits per heavy atom. The lowest BCUT2D eigenvalue weighted by atomic mass is 10.2. The number of hydrogen-bond acceptors (Lipinski definition) is 3. The van der Waals surface area contributed by atoms with Crippen molar-refractivity contribution in [2.75, 3.05) is 7.11 Å². The summed E-state index contributed by atoms with van der Waals surface area (Å²) in [7, 11) is 1.31. The van der Waals surface area contributed by atoms with Gasteiger partial charge in [-0.3, -0.25) is 4.68 Å². The first-order chi connectivity index (χ1) is 10.6. The zero-order valence-electron chi connectivity index (χ0n) is 11.7. The molecule has 0 aliphatic rings. The number of halogens is 2. The molecule has 112 valence electrons. The van der Waals surface area contributed by atoms with Gasteiger partial charge in [0.05, 0.1) is 19.2 Å². The number of methoxy groups -OCH3 is 1. The third kappa shape index (κ3) is 2.55. The number of esters is 1. The highest BCUT2D eigenvalue weighted by Crippen LogP contribution is 2.23. The second-order valence-corrected chi connectivity index (χ2v) is 5.16. The average molecular weight is 319 g/mol. The van der Waals surface area contributed by atoms with E-state index in [-0.39, 0.29) is 5.69 Å². The standard InChI is InChI=1S/C16H12ClFN2O2/c1-22-16(21)15-12-4-2-3-5-14(12)20(19-15)9-10-6-7-11(18)8-13(10)17/h2-8H,9H2,1H3. The number of para-hydroxylation sites is 1. The molecule has 0 amide bonds. The van der Waals surface area contributed by atoms with Crippen LogP contribution in [0.2, 0.25) is 5.02 Å². The second kappa shape index (κ2) is 5.77. The van der Waals surface area contributed by atoms with Gasteiger partial charge in [-0.2, -0.15) is 5.10 Å². The molecule has 0 unspecified atom stereocenters. The van der Waals surface area contributed by atoms with E-state index in [1.54, 1.807) is 16.8 Å². The predicted molar refractivity (Wildman–Crippen MR) is 81.6 cm³/mol. The minimum absolute atomic E-state index is 0.247. The van der Waals surface area contributed by atoms with Gasteiger partial charge in [0.1, 0.15) is 5.82 Å². The zero-order chi connectivity index (χ0) is 15.7. The van der Waals surface area contributed by atoms with Crippen LogP contribution in [0.1, 0.15) is 16.1 Å². The smallest absolute Gasteiger partial charge is 0.359 e. The van der Waals surface area contributed by atoms with E-state index < -0.39 is 11.8 Å². The Morgan fingerprint density at radius 1 is 1.32 bits per heavy atom. The number of rotatable bonds is 3. The van der Waals surface area contributed by atoms with Gasteiger partial charge in [-0.1, -0.05) is 35.9 Å². The molecule has 3 aromatic rings. The lowest BCUT2D eigenvalue weighted by Crippen LogP contribution is -2.06. The maximum atomic E-state index is 13.1. The third-order valence-corrected chi connectivity index (χ3v) is 3.72. The van der Waals surface area contributed by atoms with E-state index in [1.165, 1.54) is 19.2 Å². The Balaban J connectivity index is 2.09. The molecule has 0 aliphatic carbocycles. The lowest BCUT2D eigenvalue weighted by Gasteiger charge is -2.06. The molecule has 1 aromatic heterocycles. The van der Waals surface area contributed by atoms with Crippen LogP contribution in [0.15, 0.2) is 42.5 Å². The van der Waals surface area contributed by atoms with Crippen LogP contribution in [0, 0.1) is 5.82 Å². The normalized spacial score (nSPS) is 10.9. The van der Waals surface area contributed by atoms with Crippen molar-refractivity contribution in [2.24, 2.45) is 0 Å². The van der Waals surface area contributed by atoms with Crippen LogP contribution >= 0.6 is 11.6 Å². The van der Waals surface area contributed by atoms with Crippen molar-refractivity contribution in [1.29, 1.82) is 0 Å². The van der Waals surface area contributed by atoms with Crippen molar-refractivity contribution < 1.29 is 13.9 Å². The van der Waals surface area contributed by atoms with Gasteiger partial charge < -0.3 is 4.74 Å². The molecule has 0 saturated carbocycles. The van der Waals surface area contributed by atoms with Gasteiger partial charge in [0.2, 0.25) is 0 Å². The quantitative estimate of drug-likeness (QED) is 0.692. The summed E-state index contributed by atoms with van der Waals surface area (Å²) < 4.78 is 19.5. The average Bonchev–Trinajstić information content (AvgIpc) is 2.88. The minimum atomic E-state index is -0.500. The van der Waals surface area contributed by atoms with Gasteiger partial charge in [0, 0.05) is 10.4 Å². The maximum absolute atomic E-state index is 13.1. The SMILES string of the molecule is COC(=O)c1nn(Cc2ccc(F)cc2Cl)c2ccccc12. The van der Waals surface area contributed by atoms with Gasteiger partial charge >= 0.3 is 5.97 Å². The van der Waals surface area contributed by atoms with E-state index in [0.29, 0.717) is 22.5 Å². The molecular weight excluding hydrogens is 307 g/mol. The molecule has 0 saturated heterocycles. The van der Waals surface area contributed by atoms with E-state index in [2.05, 4.69) is 5.10 Å². The summed E-state index contributed by atoms with van der Waals surface area (Å²) >= 11 is 6.05. The van der Waals surface area contributed by atoms with E-state index in [4.69, 9.17) is 16.3 Å². The van der Waals surface area contributed by atoms with E-state index in [0.717, 1.165) is 5.52 Å². The fourth-order valence-electron chi connectivity index (χ4n) is 2.31. The summed E-state index contributed by atoms with van der Waals surface area (Å²) in [5.74, 6) is -0.894. The Bertz CT molecular complexity index is 860. The first-order valence-electron chi connectivity index (χ1n) is 6.58. The van der Waals surface area contributed by atoms with Crippen molar-refractivity contribution in [2.45, 2.75) is 6.54 Å². The molecule has 22 heavy (non-hydrogen) atoms. The molecule has 0 N–H and O–H groups in total. The topological polar surface area (TPSA) is 44.1 Å². The first-order valence-corrected chi connectivity index (χ1v) is 6.95. The van der Waals surface area contributed by atoms with Gasteiger partial charge in [-0.25, -0.2) is 9.18 Å². The molecule has 0 radical (unpaired) electrons. The first kappa shape index (κ1) is 14.5. The summed E-state index contributed by atoms with van der Waals surface area (Å²) in [5.41, 5.74) is 1.74. The molecule has 6 heteroatoms. The zero-order valence-corrected chi connectivity index (χ0v) is 12.5. The molecule has 0 bridgehead atoms. The molecule has 0 aliphatic heterocycles. The fourth-order valence-corrected chi connectivity index (χ4v) is 2.53. The predicted octanol–water partition coefficient (Wildman–Crippen LogP) is 3.66. The molecular formula is C16H12ClFN2O2. The Kier molecular flexibility index (Phi) is 3.81. The maximum Gasteiger partial charge on any atom is 0.359 e. The molecule has 0 atom stereocenters. The van der Waals surface area contributed by atoms with E-state index in [1.807, 2.05) is 18.2 Å². The second-order valence-electron chi connectivity index (χ2n) is 4.75. The summed E-state index contributed by atoms with van der Waals surface area (Å²) in [6.45, 7) is 0.330. The molecule has 2 aromatic carbocycles. The number of hydrogen-bond donors (Lipinski definition) is 0. The Labute approximate surface area is 131 Å². The number of carbonyl (C=O) groups is 1. The van der Waals surface area contributed by atoms with Crippen molar-refractivity contribution in [3.8, 4) is 0 Å². The number of aromatic nitrogens is 2. The van der Waals surface area contributed by atoms with Crippen molar-refractivity contribution in [3.63, 3.8) is 0 Å². The molecule has 0 spiro atoms. The number of carbonyl (C=O) groups excluding carboxylic acids is 1. The summed E-state index contributed by atoms with van der Waals surface area (Å²) in [5, 5.41) is 5.33. The van der Waals surface area contributed by atoms with Gasteiger partial charge in [0.15, 0.2) is 5.69 Å². The monoisotopic (exact) mass is 318 g/mol. The van der Waals surface area contributed by atoms with Crippen LogP contribution in [0.5, 0.6) is 0 Å². The number of benzene rings is 2. The highest BCUT2D eigenvalue weighted by Gasteiger charge is 2.17. The van der Waals surface area contributed by atoms with Crippen molar-refractivity contribution in [3.05, 3.63) is 64.6 Å². The molecule has 1 heterocycles. The number of fused-ring (bicyclic) bond motifs is 1. The van der Waals surface area contributed by atoms with Crippen molar-refractivity contribution >= 4 is 28.5 Å². The van der Waals surface area contributed by atoms with Crippen LogP contribution in [0.25, 0.3) is 10.9 Å². The third-order valence-electron chi connectivity index (χ3n) is 3.37. The van der Waals surface area contributed by atoms with Crippen LogP contribution in [0.3, 0.4) is 0 Å². The minimum Gasteiger partial charge on any atom is -0.464 e. The highest BCUT2D eigenvalue weighted by molar-refractivity contribution is 6.31. The largest absolute Gasteiger partial charge is 0.464 e. The van der Waals surface area contributed by atoms with Crippen molar-refractivity contribution in [1.82, 2.24) is 9.78 Å². The van der Waals surface area contributed by atoms with Crippen LogP contribution in [-0.4, -0.2) is 22.9 Å². The summed E-state index contributed by atoms with van der Waals surface area (Å²) in [6.07, 6.45) is 0. The van der Waals surface area contributed by atoms with Gasteiger partial charge in [0.25, 0.3) is 0 Å². The fraction of sp³-hybridized carbons (Fsp3) is 0.125. The molecule has 4 nitrogen and oxygen atoms in total. The van der Waals surface area contributed by atoms with Crippen LogP contribution in [-0.2, 0) is 11.3 Å². The Hall–Kier alpha value is -2.40. The summed E-state index contributed by atoms with van der Waals surface area (Å²) in [6, 6.07) is 11.5.